The molecule has 2 heteroatoms. The number of likely N-dealkylation sites (tertiary alicyclic amines) is 1. The highest BCUT2D eigenvalue weighted by Crippen LogP contribution is 2.32. The van der Waals surface area contributed by atoms with Crippen LogP contribution in [-0.4, -0.2) is 30.6 Å². The first-order valence-electron chi connectivity index (χ1n) is 5.23. The highest BCUT2D eigenvalue weighted by Gasteiger charge is 2.34. The average Bonchev–Trinajstić information content (AvgIpc) is 2.46. The molecule has 0 radical (unpaired) electrons. The second-order valence-electron chi connectivity index (χ2n) is 4.63. The van der Waals surface area contributed by atoms with Crippen LogP contribution in [-0.2, 0) is 0 Å². The monoisotopic (exact) mass is 168 g/mol. The standard InChI is InChI=1S/C10H20N2/c1-8-6-12(7-8)10-3-2-9(4-10)5-11/h8-10H,2-7,11H2,1H3. The summed E-state index contributed by atoms with van der Waals surface area (Å²) < 4.78 is 0. The van der Waals surface area contributed by atoms with Gasteiger partial charge in [-0.1, -0.05) is 6.92 Å². The molecule has 0 aromatic heterocycles. The van der Waals surface area contributed by atoms with E-state index in [0.29, 0.717) is 0 Å². The fourth-order valence-corrected chi connectivity index (χ4v) is 2.64. The number of hydrogen-bond donors (Lipinski definition) is 1. The molecule has 70 valence electrons. The van der Waals surface area contributed by atoms with E-state index in [9.17, 15) is 0 Å². The van der Waals surface area contributed by atoms with Gasteiger partial charge in [0.25, 0.3) is 0 Å². The van der Waals surface area contributed by atoms with Crippen LogP contribution >= 0.6 is 0 Å². The van der Waals surface area contributed by atoms with Crippen molar-refractivity contribution in [3.05, 3.63) is 0 Å². The summed E-state index contributed by atoms with van der Waals surface area (Å²) in [5.74, 6) is 1.77. The van der Waals surface area contributed by atoms with Gasteiger partial charge in [-0.3, -0.25) is 4.90 Å². The highest BCUT2D eigenvalue weighted by atomic mass is 15.2. The Kier molecular flexibility index (Phi) is 2.37. The van der Waals surface area contributed by atoms with Gasteiger partial charge in [-0.2, -0.15) is 0 Å². The van der Waals surface area contributed by atoms with Gasteiger partial charge in [0.05, 0.1) is 0 Å². The van der Waals surface area contributed by atoms with Gasteiger partial charge in [-0.05, 0) is 37.6 Å². The molecule has 2 fully saturated rings. The van der Waals surface area contributed by atoms with Crippen LogP contribution in [0.2, 0.25) is 0 Å². The Hall–Kier alpha value is -0.0800. The van der Waals surface area contributed by atoms with Gasteiger partial charge in [-0.25, -0.2) is 0 Å². The van der Waals surface area contributed by atoms with Crippen molar-refractivity contribution in [1.29, 1.82) is 0 Å². The molecule has 2 rings (SSSR count). The van der Waals surface area contributed by atoms with E-state index in [-0.39, 0.29) is 0 Å². The quantitative estimate of drug-likeness (QED) is 0.668. The van der Waals surface area contributed by atoms with Crippen LogP contribution in [0.3, 0.4) is 0 Å². The molecule has 2 N–H and O–H groups in total. The van der Waals surface area contributed by atoms with Crippen molar-refractivity contribution in [3.63, 3.8) is 0 Å². The summed E-state index contributed by atoms with van der Waals surface area (Å²) in [5, 5.41) is 0. The minimum atomic E-state index is 0.825. The van der Waals surface area contributed by atoms with Gasteiger partial charge in [0, 0.05) is 19.1 Å². The number of hydrogen-bond acceptors (Lipinski definition) is 2. The van der Waals surface area contributed by atoms with Crippen LogP contribution in [0, 0.1) is 11.8 Å². The lowest BCUT2D eigenvalue weighted by molar-refractivity contribution is 0.0635. The predicted octanol–water partition coefficient (Wildman–Crippen LogP) is 1.07. The third-order valence-corrected chi connectivity index (χ3v) is 3.46. The van der Waals surface area contributed by atoms with Gasteiger partial charge < -0.3 is 5.73 Å². The number of rotatable bonds is 2. The average molecular weight is 168 g/mol. The number of nitrogens with two attached hydrogens (primary N) is 1. The van der Waals surface area contributed by atoms with Gasteiger partial charge >= 0.3 is 0 Å². The van der Waals surface area contributed by atoms with Crippen LogP contribution in [0.5, 0.6) is 0 Å². The van der Waals surface area contributed by atoms with Crippen molar-refractivity contribution in [2.24, 2.45) is 17.6 Å². The molecule has 12 heavy (non-hydrogen) atoms. The molecule has 0 aromatic carbocycles. The normalized spacial score (nSPS) is 38.5. The molecule has 1 aliphatic carbocycles. The van der Waals surface area contributed by atoms with Crippen LogP contribution in [0.4, 0.5) is 0 Å². The second-order valence-corrected chi connectivity index (χ2v) is 4.63. The summed E-state index contributed by atoms with van der Waals surface area (Å²) in [6.45, 7) is 5.91. The molecule has 0 bridgehead atoms. The van der Waals surface area contributed by atoms with E-state index in [2.05, 4.69) is 11.8 Å². The zero-order valence-corrected chi connectivity index (χ0v) is 8.00. The van der Waals surface area contributed by atoms with Crippen LogP contribution < -0.4 is 5.73 Å². The topological polar surface area (TPSA) is 29.3 Å². The lowest BCUT2D eigenvalue weighted by atomic mass is 9.98. The van der Waals surface area contributed by atoms with Crippen molar-refractivity contribution in [2.75, 3.05) is 19.6 Å². The van der Waals surface area contributed by atoms with Crippen LogP contribution in [0.15, 0.2) is 0 Å². The predicted molar refractivity (Wildman–Crippen MR) is 50.9 cm³/mol. The molecular formula is C10H20N2. The van der Waals surface area contributed by atoms with E-state index in [1.165, 1.54) is 32.4 Å². The highest BCUT2D eigenvalue weighted by molar-refractivity contribution is 4.89. The van der Waals surface area contributed by atoms with E-state index < -0.39 is 0 Å². The van der Waals surface area contributed by atoms with E-state index in [1.807, 2.05) is 0 Å². The zero-order valence-electron chi connectivity index (χ0n) is 8.00. The Morgan fingerprint density at radius 1 is 1.33 bits per heavy atom. The molecule has 2 aliphatic rings. The molecule has 2 nitrogen and oxygen atoms in total. The molecule has 1 heterocycles. The molecule has 0 spiro atoms. The van der Waals surface area contributed by atoms with Crippen molar-refractivity contribution in [3.8, 4) is 0 Å². The Morgan fingerprint density at radius 2 is 2.08 bits per heavy atom. The van der Waals surface area contributed by atoms with Crippen molar-refractivity contribution in [1.82, 2.24) is 4.90 Å². The first-order chi connectivity index (χ1) is 5.79. The van der Waals surface area contributed by atoms with Crippen LogP contribution in [0.25, 0.3) is 0 Å². The summed E-state index contributed by atoms with van der Waals surface area (Å²) in [5.41, 5.74) is 5.66. The summed E-state index contributed by atoms with van der Waals surface area (Å²) >= 11 is 0. The third kappa shape index (κ3) is 1.50. The van der Waals surface area contributed by atoms with Gasteiger partial charge in [0.1, 0.15) is 0 Å². The third-order valence-electron chi connectivity index (χ3n) is 3.46. The zero-order chi connectivity index (χ0) is 8.55. The maximum atomic E-state index is 5.66. The summed E-state index contributed by atoms with van der Waals surface area (Å²) in [7, 11) is 0. The van der Waals surface area contributed by atoms with E-state index in [1.54, 1.807) is 0 Å². The maximum Gasteiger partial charge on any atom is 0.00987 e. The molecule has 1 saturated heterocycles. The maximum absolute atomic E-state index is 5.66. The fourth-order valence-electron chi connectivity index (χ4n) is 2.64. The smallest absolute Gasteiger partial charge is 0.00987 e. The lowest BCUT2D eigenvalue weighted by Gasteiger charge is -2.41. The summed E-state index contributed by atoms with van der Waals surface area (Å²) in [4.78, 5) is 2.64. The van der Waals surface area contributed by atoms with Crippen molar-refractivity contribution >= 4 is 0 Å². The Morgan fingerprint density at radius 3 is 2.58 bits per heavy atom. The minimum Gasteiger partial charge on any atom is -0.330 e. The van der Waals surface area contributed by atoms with E-state index >= 15 is 0 Å². The molecule has 1 saturated carbocycles. The van der Waals surface area contributed by atoms with Gasteiger partial charge in [0.15, 0.2) is 0 Å². The Labute approximate surface area is 75.1 Å². The molecule has 2 unspecified atom stereocenters. The number of nitrogens with zero attached hydrogens (tertiary/aromatic N) is 1. The first kappa shape index (κ1) is 8.52. The largest absolute Gasteiger partial charge is 0.330 e. The SMILES string of the molecule is CC1CN(C2CCC(CN)C2)C1. The summed E-state index contributed by atoms with van der Waals surface area (Å²) in [6, 6.07) is 0.884. The molecular weight excluding hydrogens is 148 g/mol. The minimum absolute atomic E-state index is 0.825. The molecule has 1 aliphatic heterocycles. The summed E-state index contributed by atoms with van der Waals surface area (Å²) in [6.07, 6.45) is 4.13. The van der Waals surface area contributed by atoms with E-state index in [4.69, 9.17) is 5.73 Å². The van der Waals surface area contributed by atoms with Gasteiger partial charge in [0.2, 0.25) is 0 Å². The van der Waals surface area contributed by atoms with E-state index in [0.717, 1.165) is 24.4 Å². The molecule has 2 atom stereocenters. The second kappa shape index (κ2) is 3.35. The van der Waals surface area contributed by atoms with Crippen LogP contribution in [0.1, 0.15) is 26.2 Å². The van der Waals surface area contributed by atoms with Crippen molar-refractivity contribution in [2.45, 2.75) is 32.2 Å². The molecule has 0 aromatic rings. The molecule has 0 amide bonds. The Balaban J connectivity index is 1.76. The lowest BCUT2D eigenvalue weighted by Crippen LogP contribution is -2.50. The van der Waals surface area contributed by atoms with Crippen molar-refractivity contribution < 1.29 is 0 Å². The fraction of sp³-hybridized carbons (Fsp3) is 1.00. The van der Waals surface area contributed by atoms with Gasteiger partial charge in [-0.15, -0.1) is 0 Å². The Bertz CT molecular complexity index is 152. The first-order valence-corrected chi connectivity index (χ1v) is 5.23.